The lowest BCUT2D eigenvalue weighted by molar-refractivity contribution is -0.116. The summed E-state index contributed by atoms with van der Waals surface area (Å²) in [5.74, 6) is -0.310. The SMILES string of the molecule is CC(C)S(=O)CC(=O)Cc1ccc(F)cc1. The normalized spacial score (nSPS) is 12.8. The first-order chi connectivity index (χ1) is 7.49. The molecule has 0 N–H and O–H groups in total. The number of benzene rings is 1. The van der Waals surface area contributed by atoms with Gasteiger partial charge in [0.1, 0.15) is 11.6 Å². The maximum Gasteiger partial charge on any atom is 0.149 e. The van der Waals surface area contributed by atoms with Gasteiger partial charge in [0.25, 0.3) is 0 Å². The van der Waals surface area contributed by atoms with Gasteiger partial charge >= 0.3 is 0 Å². The van der Waals surface area contributed by atoms with Crippen LogP contribution in [0, 0.1) is 5.82 Å². The highest BCUT2D eigenvalue weighted by atomic mass is 32.2. The van der Waals surface area contributed by atoms with Crippen LogP contribution in [0.25, 0.3) is 0 Å². The van der Waals surface area contributed by atoms with Crippen molar-refractivity contribution < 1.29 is 13.4 Å². The Bertz CT molecular complexity index is 385. The van der Waals surface area contributed by atoms with E-state index in [1.807, 2.05) is 13.8 Å². The van der Waals surface area contributed by atoms with Gasteiger partial charge < -0.3 is 0 Å². The molecule has 1 rings (SSSR count). The molecule has 0 spiro atoms. The largest absolute Gasteiger partial charge is 0.298 e. The summed E-state index contributed by atoms with van der Waals surface area (Å²) in [5, 5.41) is -0.00262. The van der Waals surface area contributed by atoms with Crippen LogP contribution in [0.5, 0.6) is 0 Å². The Balaban J connectivity index is 2.52. The number of Topliss-reactive ketones (excluding diaryl/α,β-unsaturated/α-hetero) is 1. The smallest absolute Gasteiger partial charge is 0.149 e. The first-order valence-corrected chi connectivity index (χ1v) is 6.50. The van der Waals surface area contributed by atoms with Crippen LogP contribution in [-0.4, -0.2) is 21.0 Å². The second-order valence-corrected chi connectivity index (χ2v) is 5.91. The standard InChI is InChI=1S/C12H15FO2S/c1-9(2)16(15)8-12(14)7-10-3-5-11(13)6-4-10/h3-6,9H,7-8H2,1-2H3. The topological polar surface area (TPSA) is 34.1 Å². The van der Waals surface area contributed by atoms with E-state index in [0.29, 0.717) is 0 Å². The summed E-state index contributed by atoms with van der Waals surface area (Å²) in [6.07, 6.45) is 0.221. The van der Waals surface area contributed by atoms with Gasteiger partial charge in [-0.05, 0) is 17.7 Å². The molecule has 1 unspecified atom stereocenters. The Morgan fingerprint density at radius 2 is 1.88 bits per heavy atom. The Morgan fingerprint density at radius 1 is 1.31 bits per heavy atom. The van der Waals surface area contributed by atoms with E-state index in [9.17, 15) is 13.4 Å². The van der Waals surface area contributed by atoms with Crippen molar-refractivity contribution in [2.24, 2.45) is 0 Å². The summed E-state index contributed by atoms with van der Waals surface area (Å²) in [6, 6.07) is 5.79. The average molecular weight is 242 g/mol. The fourth-order valence-electron chi connectivity index (χ4n) is 1.21. The maximum absolute atomic E-state index is 12.6. The highest BCUT2D eigenvalue weighted by molar-refractivity contribution is 7.86. The summed E-state index contributed by atoms with van der Waals surface area (Å²) in [4.78, 5) is 11.5. The summed E-state index contributed by atoms with van der Waals surface area (Å²) >= 11 is 0. The van der Waals surface area contributed by atoms with Crippen LogP contribution in [0.15, 0.2) is 24.3 Å². The first-order valence-electron chi connectivity index (χ1n) is 5.12. The highest BCUT2D eigenvalue weighted by Crippen LogP contribution is 2.05. The van der Waals surface area contributed by atoms with Gasteiger partial charge in [0.15, 0.2) is 0 Å². The molecule has 88 valence electrons. The van der Waals surface area contributed by atoms with Crippen LogP contribution in [0.2, 0.25) is 0 Å². The van der Waals surface area contributed by atoms with Gasteiger partial charge in [-0.2, -0.15) is 0 Å². The molecule has 1 aromatic rings. The zero-order valence-electron chi connectivity index (χ0n) is 9.40. The van der Waals surface area contributed by atoms with Crippen molar-refractivity contribution in [3.8, 4) is 0 Å². The van der Waals surface area contributed by atoms with Crippen molar-refractivity contribution in [1.82, 2.24) is 0 Å². The van der Waals surface area contributed by atoms with E-state index in [4.69, 9.17) is 0 Å². The predicted octanol–water partition coefficient (Wildman–Crippen LogP) is 2.09. The van der Waals surface area contributed by atoms with Gasteiger partial charge in [-0.15, -0.1) is 0 Å². The lowest BCUT2D eigenvalue weighted by Crippen LogP contribution is -2.18. The van der Waals surface area contributed by atoms with Crippen LogP contribution in [-0.2, 0) is 22.0 Å². The summed E-state index contributed by atoms with van der Waals surface area (Å²) in [6.45, 7) is 3.64. The summed E-state index contributed by atoms with van der Waals surface area (Å²) in [7, 11) is -1.10. The summed E-state index contributed by atoms with van der Waals surface area (Å²) < 4.78 is 24.0. The molecular weight excluding hydrogens is 227 g/mol. The van der Waals surface area contributed by atoms with E-state index in [0.717, 1.165) is 5.56 Å². The third-order valence-electron chi connectivity index (χ3n) is 2.14. The molecule has 4 heteroatoms. The third-order valence-corrected chi connectivity index (χ3v) is 3.80. The zero-order valence-corrected chi connectivity index (χ0v) is 10.2. The van der Waals surface area contributed by atoms with Crippen LogP contribution in [0.1, 0.15) is 19.4 Å². The Labute approximate surface area is 97.3 Å². The van der Waals surface area contributed by atoms with Gasteiger partial charge in [-0.3, -0.25) is 9.00 Å². The predicted molar refractivity (Wildman–Crippen MR) is 63.3 cm³/mol. The monoisotopic (exact) mass is 242 g/mol. The van der Waals surface area contributed by atoms with Crippen LogP contribution in [0.3, 0.4) is 0 Å². The highest BCUT2D eigenvalue weighted by Gasteiger charge is 2.11. The van der Waals surface area contributed by atoms with Crippen molar-refractivity contribution >= 4 is 16.6 Å². The molecule has 16 heavy (non-hydrogen) atoms. The van der Waals surface area contributed by atoms with E-state index in [1.165, 1.54) is 12.1 Å². The molecule has 0 aliphatic carbocycles. The van der Waals surface area contributed by atoms with E-state index in [1.54, 1.807) is 12.1 Å². The van der Waals surface area contributed by atoms with Crippen molar-refractivity contribution in [3.63, 3.8) is 0 Å². The minimum absolute atomic E-state index is 0.00262. The second-order valence-electron chi connectivity index (χ2n) is 3.92. The number of rotatable bonds is 5. The molecule has 1 atom stereocenters. The quantitative estimate of drug-likeness (QED) is 0.792. The zero-order chi connectivity index (χ0) is 12.1. The van der Waals surface area contributed by atoms with E-state index >= 15 is 0 Å². The van der Waals surface area contributed by atoms with Crippen LogP contribution >= 0.6 is 0 Å². The average Bonchev–Trinajstić information content (AvgIpc) is 2.21. The molecule has 0 saturated carbocycles. The molecule has 0 heterocycles. The van der Waals surface area contributed by atoms with Gasteiger partial charge in [0, 0.05) is 22.5 Å². The molecule has 2 nitrogen and oxygen atoms in total. The van der Waals surface area contributed by atoms with Crippen LogP contribution in [0.4, 0.5) is 4.39 Å². The Kier molecular flexibility index (Phi) is 4.80. The maximum atomic E-state index is 12.6. The number of carbonyl (C=O) groups is 1. The molecule has 0 aliphatic heterocycles. The first kappa shape index (κ1) is 13.0. The van der Waals surface area contributed by atoms with Gasteiger partial charge in [0.2, 0.25) is 0 Å². The minimum Gasteiger partial charge on any atom is -0.298 e. The van der Waals surface area contributed by atoms with Crippen molar-refractivity contribution in [2.75, 3.05) is 5.75 Å². The third kappa shape index (κ3) is 4.23. The van der Waals surface area contributed by atoms with Crippen molar-refractivity contribution in [1.29, 1.82) is 0 Å². The van der Waals surface area contributed by atoms with Gasteiger partial charge in [-0.25, -0.2) is 4.39 Å². The minimum atomic E-state index is -1.10. The molecule has 0 amide bonds. The number of hydrogen-bond donors (Lipinski definition) is 0. The molecule has 1 aromatic carbocycles. The summed E-state index contributed by atoms with van der Waals surface area (Å²) in [5.41, 5.74) is 0.757. The molecule has 0 fully saturated rings. The molecule has 0 saturated heterocycles. The van der Waals surface area contributed by atoms with Crippen molar-refractivity contribution in [3.05, 3.63) is 35.6 Å². The number of halogens is 1. The number of carbonyl (C=O) groups excluding carboxylic acids is 1. The molecule has 0 radical (unpaired) electrons. The number of ketones is 1. The Morgan fingerprint density at radius 3 is 2.38 bits per heavy atom. The lowest BCUT2D eigenvalue weighted by atomic mass is 10.1. The molecule has 0 aliphatic rings. The molecule has 0 aromatic heterocycles. The lowest BCUT2D eigenvalue weighted by Gasteiger charge is -2.04. The van der Waals surface area contributed by atoms with Crippen LogP contribution < -0.4 is 0 Å². The van der Waals surface area contributed by atoms with Crippen molar-refractivity contribution in [2.45, 2.75) is 25.5 Å². The van der Waals surface area contributed by atoms with E-state index in [2.05, 4.69) is 0 Å². The fourth-order valence-corrected chi connectivity index (χ4v) is 1.96. The Hall–Kier alpha value is -1.03. The molecule has 0 bridgehead atoms. The number of hydrogen-bond acceptors (Lipinski definition) is 2. The van der Waals surface area contributed by atoms with E-state index < -0.39 is 10.8 Å². The van der Waals surface area contributed by atoms with Gasteiger partial charge in [-0.1, -0.05) is 26.0 Å². The molecular formula is C12H15FO2S. The fraction of sp³-hybridized carbons (Fsp3) is 0.417. The second kappa shape index (κ2) is 5.89. The van der Waals surface area contributed by atoms with E-state index in [-0.39, 0.29) is 29.0 Å². The van der Waals surface area contributed by atoms with Gasteiger partial charge in [0.05, 0.1) is 5.75 Å².